The van der Waals surface area contributed by atoms with E-state index in [1.165, 1.54) is 29.6 Å². The molecular formula is C19H18N2O5S. The average Bonchev–Trinajstić information content (AvgIpc) is 3.25. The molecule has 140 valence electrons. The fourth-order valence-electron chi connectivity index (χ4n) is 3.54. The summed E-state index contributed by atoms with van der Waals surface area (Å²) >= 11 is 0. The van der Waals surface area contributed by atoms with Gasteiger partial charge in [0.05, 0.1) is 23.4 Å². The highest BCUT2D eigenvalue weighted by Gasteiger charge is 2.35. The van der Waals surface area contributed by atoms with Crippen molar-refractivity contribution in [2.24, 2.45) is 0 Å². The lowest BCUT2D eigenvalue weighted by atomic mass is 10.2. The molecule has 0 spiro atoms. The quantitative estimate of drug-likeness (QED) is 0.752. The summed E-state index contributed by atoms with van der Waals surface area (Å²) in [6, 6.07) is 11.6. The topological polar surface area (TPSA) is 84.0 Å². The zero-order chi connectivity index (χ0) is 19.2. The van der Waals surface area contributed by atoms with Gasteiger partial charge in [0.2, 0.25) is 11.8 Å². The van der Waals surface area contributed by atoms with Gasteiger partial charge in [-0.25, -0.2) is 13.3 Å². The third kappa shape index (κ3) is 2.76. The van der Waals surface area contributed by atoms with Gasteiger partial charge in [-0.15, -0.1) is 0 Å². The number of benzene rings is 2. The van der Waals surface area contributed by atoms with Crippen molar-refractivity contribution in [2.75, 3.05) is 22.9 Å². The molecule has 0 atom stereocenters. The van der Waals surface area contributed by atoms with Gasteiger partial charge in [0, 0.05) is 19.4 Å². The van der Waals surface area contributed by atoms with Crippen molar-refractivity contribution in [3.05, 3.63) is 48.0 Å². The summed E-state index contributed by atoms with van der Waals surface area (Å²) in [7, 11) is -2.42. The van der Waals surface area contributed by atoms with E-state index in [0.29, 0.717) is 18.7 Å². The minimum Gasteiger partial charge on any atom is -0.495 e. The van der Waals surface area contributed by atoms with Crippen LogP contribution in [0.15, 0.2) is 47.4 Å². The molecule has 0 saturated carbocycles. The van der Waals surface area contributed by atoms with Crippen LogP contribution in [0.25, 0.3) is 0 Å². The summed E-state index contributed by atoms with van der Waals surface area (Å²) < 4.78 is 33.1. The van der Waals surface area contributed by atoms with Crippen molar-refractivity contribution >= 4 is 33.2 Å². The molecule has 2 amide bonds. The molecule has 1 saturated heterocycles. The molecule has 8 heteroatoms. The third-order valence-electron chi connectivity index (χ3n) is 4.88. The first-order chi connectivity index (χ1) is 12.9. The monoisotopic (exact) mass is 386 g/mol. The number of para-hydroxylation sites is 1. The Bertz CT molecular complexity index is 1030. The number of rotatable bonds is 4. The summed E-state index contributed by atoms with van der Waals surface area (Å²) in [6.45, 7) is 0.352. The number of nitrogens with zero attached hydrogens (tertiary/aromatic N) is 2. The molecule has 2 aromatic carbocycles. The van der Waals surface area contributed by atoms with Gasteiger partial charge in [0.25, 0.3) is 10.0 Å². The number of methoxy groups -OCH3 is 1. The summed E-state index contributed by atoms with van der Waals surface area (Å²) in [4.78, 5) is 25.3. The van der Waals surface area contributed by atoms with E-state index >= 15 is 0 Å². The standard InChI is InChI=1S/C19H18N2O5S/c1-26-17-7-6-14(12-16(17)21-18(22)8-9-19(21)23)27(24,25)20-11-10-13-4-2-3-5-15(13)20/h2-7,12H,8-11H2,1H3. The molecule has 27 heavy (non-hydrogen) atoms. The van der Waals surface area contributed by atoms with Gasteiger partial charge < -0.3 is 4.74 Å². The fraction of sp³-hybridized carbons (Fsp3) is 0.263. The zero-order valence-electron chi connectivity index (χ0n) is 14.7. The Morgan fingerprint density at radius 2 is 1.63 bits per heavy atom. The van der Waals surface area contributed by atoms with Crippen LogP contribution in [0, 0.1) is 0 Å². The molecule has 2 aliphatic rings. The van der Waals surface area contributed by atoms with Crippen molar-refractivity contribution in [3.8, 4) is 5.75 Å². The van der Waals surface area contributed by atoms with Crippen LogP contribution >= 0.6 is 0 Å². The molecule has 2 aliphatic heterocycles. The Balaban J connectivity index is 1.80. The largest absolute Gasteiger partial charge is 0.495 e. The van der Waals surface area contributed by atoms with Crippen molar-refractivity contribution in [1.29, 1.82) is 0 Å². The predicted octanol–water partition coefficient (Wildman–Crippen LogP) is 2.10. The molecule has 0 bridgehead atoms. The van der Waals surface area contributed by atoms with Gasteiger partial charge in [-0.05, 0) is 36.2 Å². The average molecular weight is 386 g/mol. The first kappa shape index (κ1) is 17.5. The van der Waals surface area contributed by atoms with Gasteiger partial charge in [-0.2, -0.15) is 0 Å². The summed E-state index contributed by atoms with van der Waals surface area (Å²) in [5, 5.41) is 0. The van der Waals surface area contributed by atoms with Crippen LogP contribution in [0.4, 0.5) is 11.4 Å². The van der Waals surface area contributed by atoms with Gasteiger partial charge in [0.15, 0.2) is 0 Å². The molecule has 0 unspecified atom stereocenters. The second-order valence-corrected chi connectivity index (χ2v) is 8.27. The van der Waals surface area contributed by atoms with E-state index in [1.807, 2.05) is 12.1 Å². The fourth-order valence-corrected chi connectivity index (χ4v) is 5.06. The molecule has 0 aliphatic carbocycles. The molecule has 2 aromatic rings. The lowest BCUT2D eigenvalue weighted by Crippen LogP contribution is -2.31. The molecule has 0 radical (unpaired) electrons. The number of hydrogen-bond acceptors (Lipinski definition) is 5. The van der Waals surface area contributed by atoms with Gasteiger partial charge in [-0.3, -0.25) is 13.9 Å². The molecule has 4 rings (SSSR count). The number of carbonyl (C=O) groups excluding carboxylic acids is 2. The Morgan fingerprint density at radius 3 is 2.33 bits per heavy atom. The van der Waals surface area contributed by atoms with Gasteiger partial charge in [0.1, 0.15) is 5.75 Å². The number of anilines is 2. The summed E-state index contributed by atoms with van der Waals surface area (Å²) in [5.74, 6) is -0.446. The van der Waals surface area contributed by atoms with E-state index in [0.717, 1.165) is 10.5 Å². The molecular weight excluding hydrogens is 368 g/mol. The minimum absolute atomic E-state index is 0.0162. The number of ether oxygens (including phenoxy) is 1. The smallest absolute Gasteiger partial charge is 0.264 e. The first-order valence-electron chi connectivity index (χ1n) is 8.58. The molecule has 2 heterocycles. The second-order valence-electron chi connectivity index (χ2n) is 6.41. The normalized spacial score (nSPS) is 16.8. The third-order valence-corrected chi connectivity index (χ3v) is 6.68. The maximum absolute atomic E-state index is 13.2. The molecule has 7 nitrogen and oxygen atoms in total. The van der Waals surface area contributed by atoms with Crippen LogP contribution in [-0.4, -0.2) is 33.9 Å². The SMILES string of the molecule is COc1ccc(S(=O)(=O)N2CCc3ccccc32)cc1N1C(=O)CCC1=O. The number of fused-ring (bicyclic) bond motifs is 1. The van der Waals surface area contributed by atoms with Crippen LogP contribution < -0.4 is 13.9 Å². The Kier molecular flexibility index (Phi) is 4.15. The number of carbonyl (C=O) groups is 2. The lowest BCUT2D eigenvalue weighted by Gasteiger charge is -2.22. The highest BCUT2D eigenvalue weighted by atomic mass is 32.2. The number of amides is 2. The van der Waals surface area contributed by atoms with Gasteiger partial charge in [-0.1, -0.05) is 18.2 Å². The second kappa shape index (κ2) is 6.38. The van der Waals surface area contributed by atoms with E-state index in [9.17, 15) is 18.0 Å². The van der Waals surface area contributed by atoms with Crippen molar-refractivity contribution in [3.63, 3.8) is 0 Å². The van der Waals surface area contributed by atoms with Crippen LogP contribution in [0.5, 0.6) is 5.75 Å². The van der Waals surface area contributed by atoms with Crippen LogP contribution in [-0.2, 0) is 26.0 Å². The maximum Gasteiger partial charge on any atom is 0.264 e. The Hall–Kier alpha value is -2.87. The lowest BCUT2D eigenvalue weighted by molar-refractivity contribution is -0.121. The minimum atomic E-state index is -3.84. The van der Waals surface area contributed by atoms with Crippen molar-refractivity contribution < 1.29 is 22.7 Å². The maximum atomic E-state index is 13.2. The van der Waals surface area contributed by atoms with Crippen molar-refractivity contribution in [1.82, 2.24) is 0 Å². The van der Waals surface area contributed by atoms with E-state index in [4.69, 9.17) is 4.74 Å². The van der Waals surface area contributed by atoms with E-state index < -0.39 is 10.0 Å². The van der Waals surface area contributed by atoms with E-state index in [1.54, 1.807) is 12.1 Å². The van der Waals surface area contributed by atoms with E-state index in [2.05, 4.69) is 0 Å². The van der Waals surface area contributed by atoms with Crippen molar-refractivity contribution in [2.45, 2.75) is 24.2 Å². The molecule has 0 aromatic heterocycles. The number of imide groups is 1. The number of sulfonamides is 1. The van der Waals surface area contributed by atoms with Crippen LogP contribution in [0.3, 0.4) is 0 Å². The zero-order valence-corrected chi connectivity index (χ0v) is 15.5. The Morgan fingerprint density at radius 1 is 0.926 bits per heavy atom. The Labute approximate surface area is 157 Å². The summed E-state index contributed by atoms with van der Waals surface area (Å²) in [5.41, 5.74) is 1.79. The van der Waals surface area contributed by atoms with Crippen LogP contribution in [0.1, 0.15) is 18.4 Å². The predicted molar refractivity (Wildman–Crippen MR) is 99.4 cm³/mol. The molecule has 0 N–H and O–H groups in total. The molecule has 1 fully saturated rings. The van der Waals surface area contributed by atoms with Crippen LogP contribution in [0.2, 0.25) is 0 Å². The van der Waals surface area contributed by atoms with E-state index in [-0.39, 0.29) is 41.0 Å². The number of hydrogen-bond donors (Lipinski definition) is 0. The summed E-state index contributed by atoms with van der Waals surface area (Å²) in [6.07, 6.45) is 0.860. The highest BCUT2D eigenvalue weighted by Crippen LogP contribution is 2.37. The highest BCUT2D eigenvalue weighted by molar-refractivity contribution is 7.92. The first-order valence-corrected chi connectivity index (χ1v) is 10.0. The van der Waals surface area contributed by atoms with Gasteiger partial charge >= 0.3 is 0 Å².